The Bertz CT molecular complexity index is 699. The van der Waals surface area contributed by atoms with Crippen molar-refractivity contribution >= 4 is 17.8 Å². The van der Waals surface area contributed by atoms with Gasteiger partial charge in [0, 0.05) is 17.3 Å². The van der Waals surface area contributed by atoms with E-state index < -0.39 is 0 Å². The average Bonchev–Trinajstić information content (AvgIpc) is 2.55. The van der Waals surface area contributed by atoms with E-state index in [4.69, 9.17) is 15.2 Å². The van der Waals surface area contributed by atoms with Gasteiger partial charge in [0.2, 0.25) is 0 Å². The Labute approximate surface area is 128 Å². The third kappa shape index (κ3) is 3.54. The van der Waals surface area contributed by atoms with E-state index in [9.17, 15) is 4.79 Å². The number of hydrazone groups is 1. The smallest absolute Gasteiger partial charge is 0.273 e. The van der Waals surface area contributed by atoms with E-state index >= 15 is 0 Å². The molecule has 2 aromatic carbocycles. The Hall–Kier alpha value is -3.02. The summed E-state index contributed by atoms with van der Waals surface area (Å²) in [5, 5.41) is 3.92. The first-order valence-electron chi connectivity index (χ1n) is 6.55. The first kappa shape index (κ1) is 15.4. The summed E-state index contributed by atoms with van der Waals surface area (Å²) < 4.78 is 10.4. The van der Waals surface area contributed by atoms with Gasteiger partial charge >= 0.3 is 0 Å². The van der Waals surface area contributed by atoms with E-state index in [1.54, 1.807) is 56.7 Å². The number of benzene rings is 2. The summed E-state index contributed by atoms with van der Waals surface area (Å²) in [4.78, 5) is 12.0. The molecule has 2 rings (SSSR count). The maximum atomic E-state index is 12.0. The monoisotopic (exact) mass is 299 g/mol. The van der Waals surface area contributed by atoms with Gasteiger partial charge in [-0.15, -0.1) is 0 Å². The highest BCUT2D eigenvalue weighted by atomic mass is 16.5. The van der Waals surface area contributed by atoms with E-state index in [1.165, 1.54) is 6.21 Å². The van der Waals surface area contributed by atoms with Gasteiger partial charge in [-0.3, -0.25) is 4.79 Å². The Kier molecular flexibility index (Phi) is 4.98. The Morgan fingerprint density at radius 1 is 1.18 bits per heavy atom. The fraction of sp³-hybridized carbons (Fsp3) is 0.125. The van der Waals surface area contributed by atoms with Crippen LogP contribution in [-0.2, 0) is 0 Å². The number of anilines is 1. The van der Waals surface area contributed by atoms with Crippen molar-refractivity contribution in [2.45, 2.75) is 0 Å². The number of carbonyl (C=O) groups is 1. The van der Waals surface area contributed by atoms with Crippen molar-refractivity contribution in [2.24, 2.45) is 5.10 Å². The maximum absolute atomic E-state index is 12.0. The summed E-state index contributed by atoms with van der Waals surface area (Å²) in [7, 11) is 3.13. The molecule has 0 aliphatic carbocycles. The highest BCUT2D eigenvalue weighted by Gasteiger charge is 2.07. The van der Waals surface area contributed by atoms with Gasteiger partial charge in [-0.2, -0.15) is 5.10 Å². The lowest BCUT2D eigenvalue weighted by atomic mass is 10.2. The largest absolute Gasteiger partial charge is 0.497 e. The van der Waals surface area contributed by atoms with Gasteiger partial charge in [0.25, 0.3) is 5.91 Å². The topological polar surface area (TPSA) is 85.9 Å². The molecular weight excluding hydrogens is 282 g/mol. The molecule has 6 nitrogen and oxygen atoms in total. The Morgan fingerprint density at radius 3 is 2.64 bits per heavy atom. The highest BCUT2D eigenvalue weighted by molar-refractivity contribution is 5.99. The maximum Gasteiger partial charge on any atom is 0.273 e. The molecular formula is C16H17N3O3. The zero-order valence-corrected chi connectivity index (χ0v) is 12.4. The zero-order chi connectivity index (χ0) is 15.9. The third-order valence-corrected chi connectivity index (χ3v) is 3.02. The van der Waals surface area contributed by atoms with Crippen LogP contribution in [0.15, 0.2) is 47.6 Å². The van der Waals surface area contributed by atoms with Crippen molar-refractivity contribution in [3.8, 4) is 11.5 Å². The van der Waals surface area contributed by atoms with Gasteiger partial charge < -0.3 is 15.2 Å². The SMILES string of the molecule is COc1ccc(/C=N\NC(=O)c2ccccc2N)c(OC)c1. The Balaban J connectivity index is 2.10. The summed E-state index contributed by atoms with van der Waals surface area (Å²) in [6.07, 6.45) is 1.50. The van der Waals surface area contributed by atoms with E-state index in [0.717, 1.165) is 0 Å². The van der Waals surface area contributed by atoms with Gasteiger partial charge in [-0.25, -0.2) is 5.43 Å². The van der Waals surface area contributed by atoms with Gasteiger partial charge in [-0.1, -0.05) is 12.1 Å². The van der Waals surface area contributed by atoms with E-state index in [2.05, 4.69) is 10.5 Å². The molecule has 0 aromatic heterocycles. The van der Waals surface area contributed by atoms with Crippen molar-refractivity contribution in [1.29, 1.82) is 0 Å². The first-order valence-corrected chi connectivity index (χ1v) is 6.55. The summed E-state index contributed by atoms with van der Waals surface area (Å²) in [5.41, 5.74) is 9.66. The summed E-state index contributed by atoms with van der Waals surface area (Å²) in [6, 6.07) is 12.1. The predicted molar refractivity (Wildman–Crippen MR) is 85.5 cm³/mol. The van der Waals surface area contributed by atoms with Gasteiger partial charge in [-0.05, 0) is 24.3 Å². The number of carbonyl (C=O) groups excluding carboxylic acids is 1. The number of nitrogens with one attached hydrogen (secondary N) is 1. The number of amides is 1. The number of rotatable bonds is 5. The molecule has 22 heavy (non-hydrogen) atoms. The Morgan fingerprint density at radius 2 is 1.95 bits per heavy atom. The number of nitrogens with zero attached hydrogens (tertiary/aromatic N) is 1. The fourth-order valence-corrected chi connectivity index (χ4v) is 1.85. The molecule has 0 aliphatic heterocycles. The van der Waals surface area contributed by atoms with E-state index in [1.807, 2.05) is 0 Å². The van der Waals surface area contributed by atoms with Crippen LogP contribution in [0.5, 0.6) is 11.5 Å². The normalized spacial score (nSPS) is 10.5. The number of hydrogen-bond acceptors (Lipinski definition) is 5. The van der Waals surface area contributed by atoms with Crippen LogP contribution in [0, 0.1) is 0 Å². The molecule has 3 N–H and O–H groups in total. The number of ether oxygens (including phenoxy) is 2. The minimum atomic E-state index is -0.373. The summed E-state index contributed by atoms with van der Waals surface area (Å²) in [5.74, 6) is 0.897. The molecule has 0 aliphatic rings. The fourth-order valence-electron chi connectivity index (χ4n) is 1.85. The molecule has 2 aromatic rings. The highest BCUT2D eigenvalue weighted by Crippen LogP contribution is 2.23. The molecule has 0 unspecified atom stereocenters. The number of nitrogen functional groups attached to an aromatic ring is 1. The molecule has 0 radical (unpaired) electrons. The van der Waals surface area contributed by atoms with E-state index in [0.29, 0.717) is 28.3 Å². The summed E-state index contributed by atoms with van der Waals surface area (Å²) in [6.45, 7) is 0. The molecule has 0 spiro atoms. The zero-order valence-electron chi connectivity index (χ0n) is 12.4. The predicted octanol–water partition coefficient (Wildman–Crippen LogP) is 2.05. The van der Waals surface area contributed by atoms with Gasteiger partial charge in [0.1, 0.15) is 11.5 Å². The number of hydrogen-bond donors (Lipinski definition) is 2. The molecule has 6 heteroatoms. The van der Waals surface area contributed by atoms with Crippen LogP contribution in [0.2, 0.25) is 0 Å². The first-order chi connectivity index (χ1) is 10.7. The summed E-state index contributed by atoms with van der Waals surface area (Å²) >= 11 is 0. The van der Waals surface area contributed by atoms with Crippen LogP contribution in [-0.4, -0.2) is 26.3 Å². The lowest BCUT2D eigenvalue weighted by Crippen LogP contribution is -2.19. The second-order valence-electron chi connectivity index (χ2n) is 4.39. The van der Waals surface area contributed by atoms with Crippen LogP contribution in [0.3, 0.4) is 0 Å². The minimum Gasteiger partial charge on any atom is -0.497 e. The average molecular weight is 299 g/mol. The minimum absolute atomic E-state index is 0.373. The molecule has 0 atom stereocenters. The number of para-hydroxylation sites is 1. The van der Waals surface area contributed by atoms with Crippen molar-refractivity contribution < 1.29 is 14.3 Å². The lowest BCUT2D eigenvalue weighted by Gasteiger charge is -2.07. The molecule has 0 heterocycles. The van der Waals surface area contributed by atoms with Gasteiger partial charge in [0.15, 0.2) is 0 Å². The van der Waals surface area contributed by atoms with Crippen LogP contribution in [0.25, 0.3) is 0 Å². The van der Waals surface area contributed by atoms with Crippen molar-refractivity contribution in [1.82, 2.24) is 5.43 Å². The van der Waals surface area contributed by atoms with Crippen LogP contribution >= 0.6 is 0 Å². The molecule has 1 amide bonds. The van der Waals surface area contributed by atoms with E-state index in [-0.39, 0.29) is 5.91 Å². The number of methoxy groups -OCH3 is 2. The lowest BCUT2D eigenvalue weighted by molar-refractivity contribution is 0.0956. The van der Waals surface area contributed by atoms with Crippen molar-refractivity contribution in [2.75, 3.05) is 20.0 Å². The van der Waals surface area contributed by atoms with Crippen LogP contribution < -0.4 is 20.6 Å². The molecule has 114 valence electrons. The quantitative estimate of drug-likeness (QED) is 0.502. The molecule has 0 fully saturated rings. The number of nitrogens with two attached hydrogens (primary N) is 1. The molecule has 0 saturated carbocycles. The standard InChI is InChI=1S/C16H17N3O3/c1-21-12-8-7-11(15(9-12)22-2)10-18-19-16(20)13-5-3-4-6-14(13)17/h3-10H,17H2,1-2H3,(H,19,20)/b18-10-. The van der Waals surface area contributed by atoms with Crippen LogP contribution in [0.1, 0.15) is 15.9 Å². The molecule has 0 saturated heterocycles. The van der Waals surface area contributed by atoms with Crippen molar-refractivity contribution in [3.63, 3.8) is 0 Å². The molecule has 0 bridgehead atoms. The van der Waals surface area contributed by atoms with Crippen molar-refractivity contribution in [3.05, 3.63) is 53.6 Å². The second kappa shape index (κ2) is 7.12. The van der Waals surface area contributed by atoms with Gasteiger partial charge in [0.05, 0.1) is 26.0 Å². The third-order valence-electron chi connectivity index (χ3n) is 3.02. The van der Waals surface area contributed by atoms with Crippen LogP contribution in [0.4, 0.5) is 5.69 Å². The second-order valence-corrected chi connectivity index (χ2v) is 4.39.